The van der Waals surface area contributed by atoms with Gasteiger partial charge in [-0.3, -0.25) is 4.79 Å². The molecule has 0 aliphatic carbocycles. The lowest BCUT2D eigenvalue weighted by molar-refractivity contribution is -0.120. The van der Waals surface area contributed by atoms with Crippen molar-refractivity contribution in [2.24, 2.45) is 0 Å². The van der Waals surface area contributed by atoms with Gasteiger partial charge in [-0.1, -0.05) is 45.4 Å². The van der Waals surface area contributed by atoms with Crippen LogP contribution < -0.4 is 5.32 Å². The smallest absolute Gasteiger partial charge is 0.242 e. The van der Waals surface area contributed by atoms with E-state index < -0.39 is 56.0 Å². The molecule has 310 valence electrons. The molecule has 0 spiro atoms. The van der Waals surface area contributed by atoms with Crippen LogP contribution in [0.15, 0.2) is 11.5 Å². The molecule has 0 aromatic heterocycles. The van der Waals surface area contributed by atoms with Crippen LogP contribution in [0.2, 0.25) is 118 Å². The predicted molar refractivity (Wildman–Crippen MR) is 239 cm³/mol. The normalized spacial score (nSPS) is 16.5. The van der Waals surface area contributed by atoms with Gasteiger partial charge < -0.3 is 31.9 Å². The van der Waals surface area contributed by atoms with Crippen LogP contribution in [-0.2, 0) is 31.4 Å². The van der Waals surface area contributed by atoms with Gasteiger partial charge in [-0.2, -0.15) is 0 Å². The van der Waals surface area contributed by atoms with E-state index in [-0.39, 0.29) is 24.2 Å². The Morgan fingerprint density at radius 1 is 0.538 bits per heavy atom. The molecule has 1 N–H and O–H groups in total. The zero-order chi connectivity index (χ0) is 40.8. The van der Waals surface area contributed by atoms with E-state index >= 15 is 0 Å². The molecule has 0 rings (SSSR count). The number of nitrogens with one attached hydrogen (secondary N) is 1. The maximum Gasteiger partial charge on any atom is 0.242 e. The molecule has 1 amide bonds. The van der Waals surface area contributed by atoms with Gasteiger partial charge in [0.05, 0.1) is 24.9 Å². The largest absolute Gasteiger partial charge is 0.545 e. The van der Waals surface area contributed by atoms with Crippen molar-refractivity contribution >= 4 is 55.8 Å². The van der Waals surface area contributed by atoms with Crippen molar-refractivity contribution in [2.75, 3.05) is 6.61 Å². The van der Waals surface area contributed by atoms with Crippen molar-refractivity contribution in [3.05, 3.63) is 11.5 Å². The summed E-state index contributed by atoms with van der Waals surface area (Å²) in [7, 11) is -11.5. The average Bonchev–Trinajstić information content (AvgIpc) is 2.89. The number of hydrogen-bond acceptors (Lipinski definition) is 7. The van der Waals surface area contributed by atoms with E-state index in [1.807, 2.05) is 0 Å². The summed E-state index contributed by atoms with van der Waals surface area (Å²) < 4.78 is 40.7. The number of allylic oxidation sites excluding steroid dienone is 1. The van der Waals surface area contributed by atoms with Gasteiger partial charge in [0.25, 0.3) is 0 Å². The summed E-state index contributed by atoms with van der Waals surface area (Å²) in [5.74, 6) is 1.58. The second-order valence-electron chi connectivity index (χ2n) is 20.6. The van der Waals surface area contributed by atoms with Crippen molar-refractivity contribution < 1.29 is 31.4 Å². The molecule has 4 atom stereocenters. The molecule has 0 saturated heterocycles. The molecule has 0 saturated carbocycles. The van der Waals surface area contributed by atoms with Gasteiger partial charge in [-0.15, -0.1) is 0 Å². The minimum Gasteiger partial charge on any atom is -0.545 e. The lowest BCUT2D eigenvalue weighted by Crippen LogP contribution is -2.53. The number of amides is 1. The van der Waals surface area contributed by atoms with Gasteiger partial charge >= 0.3 is 0 Å². The second kappa shape index (κ2) is 22.6. The minimum atomic E-state index is -2.11. The fourth-order valence-corrected chi connectivity index (χ4v) is 11.8. The SMILES string of the molecule is CCCC(O[Si](C)(C)C)C(CCCCCCCCC(O[Si](C)(C)C)=C(O[Si](C)(C)C)C(O[Si](C)(C)C)C(CO[Si](C)(C)C)NC(C)=O)O[Si](C)(C)C. The number of unbranched alkanes of at least 4 members (excludes halogenated alkanes) is 5. The summed E-state index contributed by atoms with van der Waals surface area (Å²) in [6.45, 7) is 44.4. The standard InChI is InChI=1S/C38H87NO7Si6/c1-21-28-34(42-48(6,7)8)35(43-49(9,10)11)29-26-24-22-23-25-27-30-36(44-50(12,13)14)38(46-52(18,19)20)37(45-51(15,16)17)33(39-32(2)40)31-41-47(3,4)5/h33-35,37H,21-31H2,1-20H3,(H,39,40). The maximum absolute atomic E-state index is 12.6. The Morgan fingerprint density at radius 2 is 0.981 bits per heavy atom. The zero-order valence-corrected chi connectivity index (χ0v) is 43.9. The first kappa shape index (κ1) is 52.0. The van der Waals surface area contributed by atoms with Gasteiger partial charge in [0.15, 0.2) is 33.3 Å². The minimum absolute atomic E-state index is 0.101. The molecule has 14 heteroatoms. The third-order valence-corrected chi connectivity index (χ3v) is 13.2. The highest BCUT2D eigenvalue weighted by Crippen LogP contribution is 2.31. The lowest BCUT2D eigenvalue weighted by atomic mass is 10.0. The Balaban J connectivity index is 6.14. The molecule has 4 unspecified atom stereocenters. The van der Waals surface area contributed by atoms with Crippen molar-refractivity contribution in [3.8, 4) is 0 Å². The van der Waals surface area contributed by atoms with Crippen molar-refractivity contribution in [2.45, 2.75) is 220 Å². The summed E-state index contributed by atoms with van der Waals surface area (Å²) in [6, 6.07) is -0.385. The van der Waals surface area contributed by atoms with Crippen molar-refractivity contribution in [1.29, 1.82) is 0 Å². The van der Waals surface area contributed by atoms with Gasteiger partial charge in [-0.25, -0.2) is 0 Å². The van der Waals surface area contributed by atoms with E-state index in [1.165, 1.54) is 25.7 Å². The number of hydrogen-bond donors (Lipinski definition) is 1. The topological polar surface area (TPSA) is 84.5 Å². The Kier molecular flexibility index (Phi) is 22.6. The summed E-state index contributed by atoms with van der Waals surface area (Å²) in [6.07, 6.45) is 10.9. The molecular weight excluding hydrogens is 751 g/mol. The molecule has 0 bridgehead atoms. The summed E-state index contributed by atoms with van der Waals surface area (Å²) in [4.78, 5) is 12.6. The molecular formula is C38H87NO7Si6. The molecule has 0 fully saturated rings. The van der Waals surface area contributed by atoms with Crippen LogP contribution in [-0.4, -0.2) is 86.8 Å². The molecule has 0 aliphatic heterocycles. The highest BCUT2D eigenvalue weighted by atomic mass is 28.4. The van der Waals surface area contributed by atoms with E-state index in [4.69, 9.17) is 26.6 Å². The molecule has 0 aliphatic rings. The Bertz CT molecular complexity index is 1050. The fourth-order valence-electron chi connectivity index (χ4n) is 5.87. The van der Waals surface area contributed by atoms with E-state index in [2.05, 4.69) is 130 Å². The van der Waals surface area contributed by atoms with Crippen LogP contribution in [0.1, 0.15) is 78.1 Å². The summed E-state index contributed by atoms with van der Waals surface area (Å²) in [5.41, 5.74) is 0. The van der Waals surface area contributed by atoms with E-state index in [0.717, 1.165) is 50.0 Å². The monoisotopic (exact) mass is 838 g/mol. The first-order valence-electron chi connectivity index (χ1n) is 20.4. The first-order valence-corrected chi connectivity index (χ1v) is 40.8. The zero-order valence-electron chi connectivity index (χ0n) is 37.9. The second-order valence-corrected chi connectivity index (χ2v) is 47.3. The quantitative estimate of drug-likeness (QED) is 0.0477. The van der Waals surface area contributed by atoms with Crippen LogP contribution in [0.3, 0.4) is 0 Å². The Hall–Kier alpha value is -0.0487. The third kappa shape index (κ3) is 28.4. The van der Waals surface area contributed by atoms with E-state index in [0.29, 0.717) is 6.61 Å². The third-order valence-electron chi connectivity index (χ3n) is 7.45. The van der Waals surface area contributed by atoms with Crippen molar-refractivity contribution in [3.63, 3.8) is 0 Å². The van der Waals surface area contributed by atoms with Crippen LogP contribution in [0.25, 0.3) is 0 Å². The summed E-state index contributed by atoms with van der Waals surface area (Å²) in [5, 5.41) is 3.20. The highest BCUT2D eigenvalue weighted by Gasteiger charge is 2.39. The number of carbonyl (C=O) groups is 1. The van der Waals surface area contributed by atoms with Crippen LogP contribution >= 0.6 is 0 Å². The Labute approximate surface area is 329 Å². The number of rotatable bonds is 28. The predicted octanol–water partition coefficient (Wildman–Crippen LogP) is 11.8. The lowest BCUT2D eigenvalue weighted by Gasteiger charge is -2.39. The van der Waals surface area contributed by atoms with E-state index in [9.17, 15) is 4.79 Å². The van der Waals surface area contributed by atoms with Gasteiger partial charge in [0, 0.05) is 13.3 Å². The molecule has 8 nitrogen and oxygen atoms in total. The average molecular weight is 839 g/mol. The molecule has 0 radical (unpaired) electrons. The number of carbonyl (C=O) groups excluding carboxylic acids is 1. The van der Waals surface area contributed by atoms with Gasteiger partial charge in [0.2, 0.25) is 22.5 Å². The van der Waals surface area contributed by atoms with E-state index in [1.54, 1.807) is 6.92 Å². The first-order chi connectivity index (χ1) is 23.3. The molecule has 0 aromatic rings. The molecule has 0 aromatic carbocycles. The van der Waals surface area contributed by atoms with Crippen molar-refractivity contribution in [1.82, 2.24) is 5.32 Å². The highest BCUT2D eigenvalue weighted by molar-refractivity contribution is 6.71. The Morgan fingerprint density at radius 3 is 1.38 bits per heavy atom. The summed E-state index contributed by atoms with van der Waals surface area (Å²) >= 11 is 0. The van der Waals surface area contributed by atoms with Gasteiger partial charge in [0.1, 0.15) is 17.6 Å². The van der Waals surface area contributed by atoms with Gasteiger partial charge in [-0.05, 0) is 137 Å². The van der Waals surface area contributed by atoms with Crippen LogP contribution in [0.5, 0.6) is 0 Å². The fraction of sp³-hybridized carbons (Fsp3) is 0.921. The van der Waals surface area contributed by atoms with Crippen LogP contribution in [0.4, 0.5) is 0 Å². The maximum atomic E-state index is 12.6. The molecule has 52 heavy (non-hydrogen) atoms. The van der Waals surface area contributed by atoms with Crippen LogP contribution in [0, 0.1) is 0 Å². The molecule has 0 heterocycles.